The van der Waals surface area contributed by atoms with E-state index in [1.165, 1.54) is 6.21 Å². The minimum Gasteiger partial charge on any atom is -0.503 e. The molecule has 0 aliphatic carbocycles. The number of carbonyl (C=O) groups excluding carboxylic acids is 2. The molecule has 5 heteroatoms. The van der Waals surface area contributed by atoms with Gasteiger partial charge in [-0.25, -0.2) is 0 Å². The number of aliphatic hydroxyl groups is 1. The van der Waals surface area contributed by atoms with Gasteiger partial charge in [0.15, 0.2) is 5.76 Å². The largest absolute Gasteiger partial charge is 0.503 e. The third kappa shape index (κ3) is 3.42. The first-order valence-electron chi connectivity index (χ1n) is 5.89. The van der Waals surface area contributed by atoms with Crippen LogP contribution < -0.4 is 0 Å². The van der Waals surface area contributed by atoms with Gasteiger partial charge in [0.2, 0.25) is 5.78 Å². The van der Waals surface area contributed by atoms with Crippen molar-refractivity contribution in [2.45, 2.75) is 34.1 Å². The van der Waals surface area contributed by atoms with E-state index < -0.39 is 11.3 Å². The van der Waals surface area contributed by atoms with Gasteiger partial charge in [0, 0.05) is 6.21 Å². The van der Waals surface area contributed by atoms with Crippen molar-refractivity contribution in [1.29, 1.82) is 0 Å². The molecular formula is C13H19NO4. The fourth-order valence-electron chi connectivity index (χ4n) is 1.39. The smallest absolute Gasteiger partial charge is 0.311 e. The molecule has 0 saturated heterocycles. The van der Waals surface area contributed by atoms with E-state index in [1.54, 1.807) is 27.7 Å². The lowest BCUT2D eigenvalue weighted by atomic mass is 9.96. The Morgan fingerprint density at radius 1 is 1.50 bits per heavy atom. The second kappa shape index (κ2) is 5.33. The van der Waals surface area contributed by atoms with Gasteiger partial charge in [-0.2, -0.15) is 0 Å². The molecule has 0 aromatic carbocycles. The second-order valence-corrected chi connectivity index (χ2v) is 5.36. The summed E-state index contributed by atoms with van der Waals surface area (Å²) in [6.45, 7) is 7.01. The zero-order valence-electron chi connectivity index (χ0n) is 11.2. The van der Waals surface area contributed by atoms with Crippen molar-refractivity contribution in [2.24, 2.45) is 16.3 Å². The molecule has 1 aliphatic rings. The number of rotatable bonds is 3. The number of hydrogen-bond acceptors (Lipinski definition) is 5. The van der Waals surface area contributed by atoms with Crippen molar-refractivity contribution in [1.82, 2.24) is 0 Å². The standard InChI is InChI=1S/C13H19NO4/c1-8-10(15)11(16)9(7-14-8)5-6-18-12(17)13(2,3)4/h7,9,15H,5-6H2,1-4H3. The molecule has 1 unspecified atom stereocenters. The van der Waals surface area contributed by atoms with Gasteiger partial charge in [0.25, 0.3) is 0 Å². The average molecular weight is 253 g/mol. The van der Waals surface area contributed by atoms with Gasteiger partial charge >= 0.3 is 5.97 Å². The van der Waals surface area contributed by atoms with Crippen molar-refractivity contribution in [3.05, 3.63) is 11.5 Å². The zero-order valence-corrected chi connectivity index (χ0v) is 11.2. The first-order valence-corrected chi connectivity index (χ1v) is 5.89. The number of aliphatic hydroxyl groups excluding tert-OH is 1. The maximum absolute atomic E-state index is 11.7. The minimum atomic E-state index is -0.552. The van der Waals surface area contributed by atoms with E-state index in [9.17, 15) is 14.7 Å². The molecule has 1 N–H and O–H groups in total. The van der Waals surface area contributed by atoms with Crippen LogP contribution in [-0.4, -0.2) is 29.7 Å². The predicted octanol–water partition coefficient (Wildman–Crippen LogP) is 2.02. The lowest BCUT2D eigenvalue weighted by Gasteiger charge is -2.19. The SMILES string of the molecule is CC1=C(O)C(=O)C(CCOC(=O)C(C)(C)C)C=N1. The van der Waals surface area contributed by atoms with Crippen LogP contribution in [0.25, 0.3) is 0 Å². The quantitative estimate of drug-likeness (QED) is 0.781. The Kier molecular flexibility index (Phi) is 4.27. The Morgan fingerprint density at radius 3 is 2.67 bits per heavy atom. The lowest BCUT2D eigenvalue weighted by Crippen LogP contribution is -2.27. The first kappa shape index (κ1) is 14.4. The molecule has 1 atom stereocenters. The summed E-state index contributed by atoms with van der Waals surface area (Å²) in [7, 11) is 0. The van der Waals surface area contributed by atoms with Gasteiger partial charge in [-0.15, -0.1) is 0 Å². The number of ketones is 1. The van der Waals surface area contributed by atoms with E-state index >= 15 is 0 Å². The van der Waals surface area contributed by atoms with Gasteiger partial charge in [0.1, 0.15) is 0 Å². The summed E-state index contributed by atoms with van der Waals surface area (Å²) in [6.07, 6.45) is 1.82. The lowest BCUT2D eigenvalue weighted by molar-refractivity contribution is -0.153. The molecule has 0 bridgehead atoms. The van der Waals surface area contributed by atoms with Crippen LogP contribution in [0.15, 0.2) is 16.4 Å². The summed E-state index contributed by atoms with van der Waals surface area (Å²) < 4.78 is 5.07. The number of ether oxygens (including phenoxy) is 1. The van der Waals surface area contributed by atoms with Crippen molar-refractivity contribution in [3.63, 3.8) is 0 Å². The molecule has 0 fully saturated rings. The molecular weight excluding hydrogens is 234 g/mol. The molecule has 1 rings (SSSR count). The van der Waals surface area contributed by atoms with E-state index in [4.69, 9.17) is 4.74 Å². The molecule has 1 heterocycles. The van der Waals surface area contributed by atoms with Crippen LogP contribution in [0, 0.1) is 11.3 Å². The summed E-state index contributed by atoms with van der Waals surface area (Å²) in [5, 5.41) is 9.46. The summed E-state index contributed by atoms with van der Waals surface area (Å²) in [4.78, 5) is 27.1. The van der Waals surface area contributed by atoms with Crippen LogP contribution in [0.5, 0.6) is 0 Å². The number of hydrogen-bond donors (Lipinski definition) is 1. The van der Waals surface area contributed by atoms with Crippen LogP contribution in [-0.2, 0) is 14.3 Å². The van der Waals surface area contributed by atoms with E-state index in [2.05, 4.69) is 4.99 Å². The Labute approximate surface area is 107 Å². The number of carbonyl (C=O) groups is 2. The number of esters is 1. The molecule has 18 heavy (non-hydrogen) atoms. The average Bonchev–Trinajstić information content (AvgIpc) is 2.27. The molecule has 0 saturated carbocycles. The summed E-state index contributed by atoms with van der Waals surface area (Å²) in [6, 6.07) is 0. The second-order valence-electron chi connectivity index (χ2n) is 5.36. The number of allylic oxidation sites excluding steroid dienone is 2. The van der Waals surface area contributed by atoms with Gasteiger partial charge in [0.05, 0.1) is 23.6 Å². The summed E-state index contributed by atoms with van der Waals surface area (Å²) in [5.74, 6) is -1.49. The number of Topliss-reactive ketones (excluding diaryl/α,β-unsaturated/α-hetero) is 1. The summed E-state index contributed by atoms with van der Waals surface area (Å²) >= 11 is 0. The van der Waals surface area contributed by atoms with Crippen LogP contribution in [0.4, 0.5) is 0 Å². The molecule has 0 aromatic heterocycles. The van der Waals surface area contributed by atoms with Crippen LogP contribution in [0.1, 0.15) is 34.1 Å². The third-order valence-corrected chi connectivity index (χ3v) is 2.64. The van der Waals surface area contributed by atoms with E-state index in [0.29, 0.717) is 12.1 Å². The van der Waals surface area contributed by atoms with E-state index in [1.807, 2.05) is 0 Å². The van der Waals surface area contributed by atoms with Crippen molar-refractivity contribution >= 4 is 18.0 Å². The van der Waals surface area contributed by atoms with E-state index in [-0.39, 0.29) is 24.1 Å². The van der Waals surface area contributed by atoms with Crippen LogP contribution >= 0.6 is 0 Å². The zero-order chi connectivity index (χ0) is 13.9. The topological polar surface area (TPSA) is 76.0 Å². The Morgan fingerprint density at radius 2 is 2.11 bits per heavy atom. The molecule has 0 spiro atoms. The molecule has 0 amide bonds. The highest BCUT2D eigenvalue weighted by atomic mass is 16.5. The highest BCUT2D eigenvalue weighted by Gasteiger charge is 2.27. The van der Waals surface area contributed by atoms with E-state index in [0.717, 1.165) is 0 Å². The molecule has 0 radical (unpaired) electrons. The monoisotopic (exact) mass is 253 g/mol. The van der Waals surface area contributed by atoms with Gasteiger partial charge in [-0.3, -0.25) is 14.6 Å². The Hall–Kier alpha value is -1.65. The maximum atomic E-state index is 11.7. The summed E-state index contributed by atoms with van der Waals surface area (Å²) in [5.41, 5.74) is -0.230. The predicted molar refractivity (Wildman–Crippen MR) is 67.3 cm³/mol. The molecule has 1 aliphatic heterocycles. The van der Waals surface area contributed by atoms with Crippen molar-refractivity contribution < 1.29 is 19.4 Å². The highest BCUT2D eigenvalue weighted by molar-refractivity contribution is 6.06. The van der Waals surface area contributed by atoms with Crippen molar-refractivity contribution in [2.75, 3.05) is 6.61 Å². The number of nitrogens with zero attached hydrogens (tertiary/aromatic N) is 1. The van der Waals surface area contributed by atoms with Crippen LogP contribution in [0.3, 0.4) is 0 Å². The highest BCUT2D eigenvalue weighted by Crippen LogP contribution is 2.19. The minimum absolute atomic E-state index is 0.144. The van der Waals surface area contributed by atoms with Gasteiger partial charge in [-0.1, -0.05) is 0 Å². The van der Waals surface area contributed by atoms with Gasteiger partial charge in [-0.05, 0) is 34.1 Å². The Balaban J connectivity index is 2.46. The third-order valence-electron chi connectivity index (χ3n) is 2.64. The van der Waals surface area contributed by atoms with Gasteiger partial charge < -0.3 is 9.84 Å². The molecule has 100 valence electrons. The normalized spacial score (nSPS) is 20.2. The Bertz CT molecular complexity index is 415. The number of aliphatic imine (C=N–C) groups is 1. The maximum Gasteiger partial charge on any atom is 0.311 e. The fourth-order valence-corrected chi connectivity index (χ4v) is 1.39. The fraction of sp³-hybridized carbons (Fsp3) is 0.615. The van der Waals surface area contributed by atoms with Crippen molar-refractivity contribution in [3.8, 4) is 0 Å². The molecule has 5 nitrogen and oxygen atoms in total. The first-order chi connectivity index (χ1) is 8.23. The molecule has 0 aromatic rings. The van der Waals surface area contributed by atoms with Crippen LogP contribution in [0.2, 0.25) is 0 Å².